The van der Waals surface area contributed by atoms with Crippen LogP contribution in [0.4, 0.5) is 13.2 Å². The molecular formula is C12H6Br2F3NO3. The van der Waals surface area contributed by atoms with Gasteiger partial charge in [0.25, 0.3) is 0 Å². The average Bonchev–Trinajstić information content (AvgIpc) is 2.69. The van der Waals surface area contributed by atoms with Gasteiger partial charge in [-0.05, 0) is 40.2 Å². The molecule has 0 unspecified atom stereocenters. The van der Waals surface area contributed by atoms with Gasteiger partial charge in [0.15, 0.2) is 5.75 Å². The van der Waals surface area contributed by atoms with E-state index in [1.165, 1.54) is 24.4 Å². The number of aromatic carboxylic acids is 1. The van der Waals surface area contributed by atoms with Gasteiger partial charge >= 0.3 is 12.3 Å². The Morgan fingerprint density at radius 3 is 2.43 bits per heavy atom. The molecule has 0 radical (unpaired) electrons. The minimum Gasteiger partial charge on any atom is -0.477 e. The third kappa shape index (κ3) is 3.79. The van der Waals surface area contributed by atoms with Gasteiger partial charge in [0.1, 0.15) is 5.69 Å². The van der Waals surface area contributed by atoms with Crippen molar-refractivity contribution in [3.05, 3.63) is 45.1 Å². The molecule has 1 N–H and O–H groups in total. The van der Waals surface area contributed by atoms with E-state index in [1.807, 2.05) is 0 Å². The maximum atomic E-state index is 12.5. The van der Waals surface area contributed by atoms with Crippen LogP contribution >= 0.6 is 31.9 Å². The zero-order valence-electron chi connectivity index (χ0n) is 9.99. The number of alkyl halides is 3. The fourth-order valence-electron chi connectivity index (χ4n) is 1.69. The predicted molar refractivity (Wildman–Crippen MR) is 74.8 cm³/mol. The zero-order valence-corrected chi connectivity index (χ0v) is 13.2. The Morgan fingerprint density at radius 2 is 1.86 bits per heavy atom. The summed E-state index contributed by atoms with van der Waals surface area (Å²) in [4.78, 5) is 11.2. The van der Waals surface area contributed by atoms with Crippen molar-refractivity contribution in [1.82, 2.24) is 4.57 Å². The van der Waals surface area contributed by atoms with Crippen LogP contribution < -0.4 is 4.74 Å². The first-order valence-electron chi connectivity index (χ1n) is 5.34. The number of ether oxygens (including phenoxy) is 1. The van der Waals surface area contributed by atoms with Crippen molar-refractivity contribution in [2.24, 2.45) is 0 Å². The molecular weight excluding hydrogens is 423 g/mol. The van der Waals surface area contributed by atoms with Crippen LogP contribution in [0.25, 0.3) is 5.69 Å². The van der Waals surface area contributed by atoms with Gasteiger partial charge in [-0.2, -0.15) is 0 Å². The summed E-state index contributed by atoms with van der Waals surface area (Å²) < 4.78 is 43.2. The van der Waals surface area contributed by atoms with Crippen LogP contribution in [-0.4, -0.2) is 22.0 Å². The molecule has 2 rings (SSSR count). The number of aromatic nitrogens is 1. The van der Waals surface area contributed by atoms with E-state index in [9.17, 15) is 18.0 Å². The van der Waals surface area contributed by atoms with Gasteiger partial charge in [0.05, 0.1) is 5.69 Å². The molecule has 9 heteroatoms. The lowest BCUT2D eigenvalue weighted by molar-refractivity contribution is -0.274. The quantitative estimate of drug-likeness (QED) is 0.777. The number of carboxylic acids is 1. The van der Waals surface area contributed by atoms with E-state index >= 15 is 0 Å². The van der Waals surface area contributed by atoms with Gasteiger partial charge in [-0.15, -0.1) is 13.2 Å². The second kappa shape index (κ2) is 5.72. The van der Waals surface area contributed by atoms with E-state index in [4.69, 9.17) is 5.11 Å². The van der Waals surface area contributed by atoms with Crippen molar-refractivity contribution >= 4 is 37.8 Å². The van der Waals surface area contributed by atoms with Gasteiger partial charge in [0.2, 0.25) is 0 Å². The van der Waals surface area contributed by atoms with E-state index < -0.39 is 18.1 Å². The molecule has 0 fully saturated rings. The molecule has 4 nitrogen and oxygen atoms in total. The van der Waals surface area contributed by atoms with Crippen molar-refractivity contribution < 1.29 is 27.8 Å². The highest BCUT2D eigenvalue weighted by atomic mass is 79.9. The van der Waals surface area contributed by atoms with Crippen LogP contribution in [0.1, 0.15) is 10.5 Å². The SMILES string of the molecule is O=C(O)c1cc(Br)cn1-c1ccc(Br)cc1OC(F)(F)F. The summed E-state index contributed by atoms with van der Waals surface area (Å²) in [6.45, 7) is 0. The van der Waals surface area contributed by atoms with E-state index in [0.717, 1.165) is 10.6 Å². The number of nitrogens with zero attached hydrogens (tertiary/aromatic N) is 1. The summed E-state index contributed by atoms with van der Waals surface area (Å²) in [5, 5.41) is 9.10. The minimum atomic E-state index is -4.89. The van der Waals surface area contributed by atoms with Crippen molar-refractivity contribution in [3.8, 4) is 11.4 Å². The Hall–Kier alpha value is -1.48. The minimum absolute atomic E-state index is 0.0429. The zero-order chi connectivity index (χ0) is 15.8. The lowest BCUT2D eigenvalue weighted by atomic mass is 10.3. The lowest BCUT2D eigenvalue weighted by Crippen LogP contribution is -2.19. The fourth-order valence-corrected chi connectivity index (χ4v) is 2.45. The first-order valence-corrected chi connectivity index (χ1v) is 6.93. The molecule has 0 amide bonds. The second-order valence-electron chi connectivity index (χ2n) is 3.88. The number of carbonyl (C=O) groups is 1. The van der Waals surface area contributed by atoms with Crippen LogP contribution in [0.3, 0.4) is 0 Å². The molecule has 0 aliphatic heterocycles. The highest BCUT2D eigenvalue weighted by Crippen LogP contribution is 2.33. The molecule has 0 saturated carbocycles. The normalized spacial score (nSPS) is 11.5. The first kappa shape index (κ1) is 15.9. The first-order chi connectivity index (χ1) is 9.67. The second-order valence-corrected chi connectivity index (χ2v) is 5.71. The lowest BCUT2D eigenvalue weighted by Gasteiger charge is -2.15. The largest absolute Gasteiger partial charge is 0.573 e. The Bertz CT molecular complexity index is 698. The Balaban J connectivity index is 2.61. The van der Waals surface area contributed by atoms with Gasteiger partial charge in [-0.25, -0.2) is 4.79 Å². The molecule has 1 aromatic carbocycles. The van der Waals surface area contributed by atoms with Crippen LogP contribution in [0.5, 0.6) is 5.75 Å². The molecule has 1 aromatic heterocycles. The molecule has 0 saturated heterocycles. The van der Waals surface area contributed by atoms with Crippen molar-refractivity contribution in [1.29, 1.82) is 0 Å². The molecule has 2 aromatic rings. The summed E-state index contributed by atoms with van der Waals surface area (Å²) in [5.41, 5.74) is -0.241. The Morgan fingerprint density at radius 1 is 1.19 bits per heavy atom. The van der Waals surface area contributed by atoms with E-state index in [0.29, 0.717) is 8.95 Å². The average molecular weight is 429 g/mol. The fraction of sp³-hybridized carbons (Fsp3) is 0.0833. The number of hydrogen-bond acceptors (Lipinski definition) is 2. The molecule has 0 spiro atoms. The van der Waals surface area contributed by atoms with Crippen LogP contribution in [0, 0.1) is 0 Å². The molecule has 0 atom stereocenters. The number of benzene rings is 1. The summed E-state index contributed by atoms with van der Waals surface area (Å²) in [7, 11) is 0. The maximum Gasteiger partial charge on any atom is 0.573 e. The van der Waals surface area contributed by atoms with Gasteiger partial charge in [-0.1, -0.05) is 15.9 Å². The van der Waals surface area contributed by atoms with Gasteiger partial charge in [-0.3, -0.25) is 0 Å². The smallest absolute Gasteiger partial charge is 0.477 e. The number of rotatable bonds is 3. The Labute approximate surface area is 133 Å². The predicted octanol–water partition coefficient (Wildman–Crippen LogP) is 4.60. The highest BCUT2D eigenvalue weighted by Gasteiger charge is 2.33. The third-order valence-electron chi connectivity index (χ3n) is 2.41. The van der Waals surface area contributed by atoms with Gasteiger partial charge < -0.3 is 14.4 Å². The van der Waals surface area contributed by atoms with Crippen molar-refractivity contribution in [2.45, 2.75) is 6.36 Å². The summed E-state index contributed by atoms with van der Waals surface area (Å²) >= 11 is 6.14. The van der Waals surface area contributed by atoms with E-state index in [2.05, 4.69) is 36.6 Å². The van der Waals surface area contributed by atoms with E-state index in [-0.39, 0.29) is 11.4 Å². The van der Waals surface area contributed by atoms with Crippen LogP contribution in [0.2, 0.25) is 0 Å². The maximum absolute atomic E-state index is 12.5. The monoisotopic (exact) mass is 427 g/mol. The topological polar surface area (TPSA) is 51.5 Å². The van der Waals surface area contributed by atoms with Crippen molar-refractivity contribution in [3.63, 3.8) is 0 Å². The van der Waals surface area contributed by atoms with Crippen LogP contribution in [0.15, 0.2) is 39.4 Å². The Kier molecular flexibility index (Phi) is 4.33. The standard InChI is InChI=1S/C12H6Br2F3NO3/c13-6-1-2-8(10(4-6)21-12(15,16)17)18-5-7(14)3-9(18)11(19)20/h1-5H,(H,19,20). The molecule has 0 aliphatic rings. The molecule has 0 aliphatic carbocycles. The van der Waals surface area contributed by atoms with E-state index in [1.54, 1.807) is 0 Å². The third-order valence-corrected chi connectivity index (χ3v) is 3.34. The summed E-state index contributed by atoms with van der Waals surface area (Å²) in [6, 6.07) is 5.20. The van der Waals surface area contributed by atoms with Crippen LogP contribution in [-0.2, 0) is 0 Å². The summed E-state index contributed by atoms with van der Waals surface area (Å²) in [5.74, 6) is -1.79. The molecule has 21 heavy (non-hydrogen) atoms. The van der Waals surface area contributed by atoms with Crippen molar-refractivity contribution in [2.75, 3.05) is 0 Å². The molecule has 0 bridgehead atoms. The molecule has 1 heterocycles. The number of carboxylic acid groups (broad SMARTS) is 1. The number of hydrogen-bond donors (Lipinski definition) is 1. The summed E-state index contributed by atoms with van der Waals surface area (Å²) in [6.07, 6.45) is -3.54. The highest BCUT2D eigenvalue weighted by molar-refractivity contribution is 9.10. The molecule has 112 valence electrons. The number of halogens is 5. The van der Waals surface area contributed by atoms with Gasteiger partial charge in [0, 0.05) is 15.1 Å².